The van der Waals surface area contributed by atoms with Gasteiger partial charge in [0.05, 0.1) is 5.39 Å². The van der Waals surface area contributed by atoms with Crippen LogP contribution in [0.25, 0.3) is 11.0 Å². The van der Waals surface area contributed by atoms with E-state index in [1.165, 1.54) is 0 Å². The first-order valence-corrected chi connectivity index (χ1v) is 7.54. The van der Waals surface area contributed by atoms with Gasteiger partial charge in [0.1, 0.15) is 5.58 Å². The molecule has 1 fully saturated rings. The fourth-order valence-electron chi connectivity index (χ4n) is 2.42. The summed E-state index contributed by atoms with van der Waals surface area (Å²) in [5.41, 5.74) is -0.0237. The highest BCUT2D eigenvalue weighted by Crippen LogP contribution is 2.32. The number of hydrogen-bond donors (Lipinski definition) is 1. The number of amides is 1. The third-order valence-corrected chi connectivity index (χ3v) is 3.89. The predicted octanol–water partition coefficient (Wildman–Crippen LogP) is 1.86. The maximum atomic E-state index is 11.9. The Hall–Kier alpha value is -2.63. The van der Waals surface area contributed by atoms with Crippen LogP contribution in [0.4, 0.5) is 0 Å². The number of esters is 1. The number of hydrogen-bond acceptors (Lipinski definition) is 5. The van der Waals surface area contributed by atoms with E-state index in [2.05, 4.69) is 5.32 Å². The largest absolute Gasteiger partial charge is 0.450 e. The molecule has 1 aromatic heterocycles. The first-order chi connectivity index (χ1) is 11.0. The van der Waals surface area contributed by atoms with Crippen molar-refractivity contribution in [2.75, 3.05) is 6.61 Å². The van der Waals surface area contributed by atoms with Crippen LogP contribution in [-0.4, -0.2) is 24.5 Å². The van der Waals surface area contributed by atoms with Gasteiger partial charge in [0.15, 0.2) is 12.0 Å². The van der Waals surface area contributed by atoms with Crippen molar-refractivity contribution in [3.63, 3.8) is 0 Å². The molecular weight excluding hydrogens is 298 g/mol. The lowest BCUT2D eigenvalue weighted by molar-refractivity contribution is -0.125. The van der Waals surface area contributed by atoms with Gasteiger partial charge >= 0.3 is 5.97 Å². The van der Waals surface area contributed by atoms with Crippen LogP contribution in [0.3, 0.4) is 0 Å². The molecule has 1 heterocycles. The standard InChI is InChI=1S/C17H17NO5/c1-10(11-6-7-11)18-16(20)9-22-17(21)15-8-13(19)12-4-2-3-5-14(12)23-15/h2-5,8,10-11H,6-7,9H2,1H3,(H,18,20)/t10-/m1/s1. The molecule has 1 aromatic carbocycles. The predicted molar refractivity (Wildman–Crippen MR) is 83.1 cm³/mol. The van der Waals surface area contributed by atoms with Crippen molar-refractivity contribution in [3.05, 3.63) is 46.3 Å². The Labute approximate surface area is 132 Å². The number of rotatable bonds is 5. The van der Waals surface area contributed by atoms with E-state index < -0.39 is 12.6 Å². The zero-order valence-corrected chi connectivity index (χ0v) is 12.7. The minimum absolute atomic E-state index is 0.0832. The molecule has 0 spiro atoms. The maximum Gasteiger partial charge on any atom is 0.374 e. The molecule has 1 amide bonds. The highest BCUT2D eigenvalue weighted by molar-refractivity contribution is 5.90. The lowest BCUT2D eigenvalue weighted by Gasteiger charge is -2.12. The molecule has 0 saturated heterocycles. The normalized spacial score (nSPS) is 15.2. The molecule has 0 aliphatic heterocycles. The van der Waals surface area contributed by atoms with Crippen molar-refractivity contribution in [1.29, 1.82) is 0 Å². The van der Waals surface area contributed by atoms with Crippen molar-refractivity contribution in [2.45, 2.75) is 25.8 Å². The minimum atomic E-state index is -0.831. The average Bonchev–Trinajstić information content (AvgIpc) is 3.37. The number of carbonyl (C=O) groups is 2. The minimum Gasteiger partial charge on any atom is -0.450 e. The maximum absolute atomic E-state index is 11.9. The molecule has 120 valence electrons. The highest BCUT2D eigenvalue weighted by Gasteiger charge is 2.29. The highest BCUT2D eigenvalue weighted by atomic mass is 16.5. The monoisotopic (exact) mass is 315 g/mol. The molecule has 1 N–H and O–H groups in total. The molecule has 6 nitrogen and oxygen atoms in total. The van der Waals surface area contributed by atoms with Crippen molar-refractivity contribution in [3.8, 4) is 0 Å². The van der Waals surface area contributed by atoms with Crippen molar-refractivity contribution in [2.24, 2.45) is 5.92 Å². The van der Waals surface area contributed by atoms with Crippen LogP contribution >= 0.6 is 0 Å². The van der Waals surface area contributed by atoms with Gasteiger partial charge in [0, 0.05) is 12.1 Å². The van der Waals surface area contributed by atoms with Crippen LogP contribution in [0.1, 0.15) is 30.3 Å². The lowest BCUT2D eigenvalue weighted by Crippen LogP contribution is -2.37. The Balaban J connectivity index is 1.64. The van der Waals surface area contributed by atoms with E-state index >= 15 is 0 Å². The number of nitrogens with one attached hydrogen (secondary N) is 1. The summed E-state index contributed by atoms with van der Waals surface area (Å²) < 4.78 is 10.3. The number of para-hydroxylation sites is 1. The first-order valence-electron chi connectivity index (χ1n) is 7.54. The molecule has 3 rings (SSSR count). The number of fused-ring (bicyclic) bond motifs is 1. The van der Waals surface area contributed by atoms with E-state index in [0.29, 0.717) is 16.9 Å². The number of ether oxygens (including phenoxy) is 1. The Morgan fingerprint density at radius 1 is 1.35 bits per heavy atom. The second kappa shape index (κ2) is 6.24. The summed E-state index contributed by atoms with van der Waals surface area (Å²) in [4.78, 5) is 35.6. The van der Waals surface area contributed by atoms with Gasteiger partial charge in [-0.3, -0.25) is 9.59 Å². The molecule has 1 aliphatic rings. The van der Waals surface area contributed by atoms with Crippen LogP contribution in [0, 0.1) is 5.92 Å². The molecule has 1 aliphatic carbocycles. The van der Waals surface area contributed by atoms with Gasteiger partial charge in [-0.25, -0.2) is 4.79 Å². The van der Waals surface area contributed by atoms with Gasteiger partial charge in [0.2, 0.25) is 5.76 Å². The summed E-state index contributed by atoms with van der Waals surface area (Å²) in [5.74, 6) is -0.882. The van der Waals surface area contributed by atoms with Crippen LogP contribution in [-0.2, 0) is 9.53 Å². The summed E-state index contributed by atoms with van der Waals surface area (Å²) in [6, 6.07) is 7.78. The van der Waals surface area contributed by atoms with Crippen molar-refractivity contribution < 1.29 is 18.7 Å². The van der Waals surface area contributed by atoms with E-state index in [4.69, 9.17) is 9.15 Å². The Kier molecular flexibility index (Phi) is 4.14. The second-order valence-corrected chi connectivity index (χ2v) is 5.74. The first kappa shape index (κ1) is 15.3. The van der Waals surface area contributed by atoms with Gasteiger partial charge in [-0.05, 0) is 37.8 Å². The van der Waals surface area contributed by atoms with Crippen molar-refractivity contribution in [1.82, 2.24) is 5.32 Å². The SMILES string of the molecule is C[C@@H](NC(=O)COC(=O)c1cc(=O)c2ccccc2o1)C1CC1. The average molecular weight is 315 g/mol. The summed E-state index contributed by atoms with van der Waals surface area (Å²) >= 11 is 0. The Morgan fingerprint density at radius 3 is 2.83 bits per heavy atom. The van der Waals surface area contributed by atoms with Gasteiger partial charge in [-0.2, -0.15) is 0 Å². The third-order valence-electron chi connectivity index (χ3n) is 3.89. The van der Waals surface area contributed by atoms with Gasteiger partial charge in [-0.15, -0.1) is 0 Å². The molecule has 6 heteroatoms. The molecule has 0 unspecified atom stereocenters. The molecule has 0 radical (unpaired) electrons. The van der Waals surface area contributed by atoms with E-state index in [0.717, 1.165) is 18.9 Å². The van der Waals surface area contributed by atoms with E-state index in [-0.39, 0.29) is 23.1 Å². The van der Waals surface area contributed by atoms with E-state index in [9.17, 15) is 14.4 Å². The van der Waals surface area contributed by atoms with Gasteiger partial charge < -0.3 is 14.5 Å². The Morgan fingerprint density at radius 2 is 2.09 bits per heavy atom. The topological polar surface area (TPSA) is 85.6 Å². The number of carbonyl (C=O) groups excluding carboxylic acids is 2. The van der Waals surface area contributed by atoms with Gasteiger partial charge in [0.25, 0.3) is 5.91 Å². The van der Waals surface area contributed by atoms with Crippen LogP contribution in [0.2, 0.25) is 0 Å². The van der Waals surface area contributed by atoms with Crippen LogP contribution in [0.15, 0.2) is 39.5 Å². The molecule has 23 heavy (non-hydrogen) atoms. The smallest absolute Gasteiger partial charge is 0.374 e. The van der Waals surface area contributed by atoms with Crippen molar-refractivity contribution >= 4 is 22.8 Å². The zero-order chi connectivity index (χ0) is 16.4. The molecule has 0 bridgehead atoms. The fourth-order valence-corrected chi connectivity index (χ4v) is 2.42. The molecule has 1 atom stereocenters. The molecule has 2 aromatic rings. The summed E-state index contributed by atoms with van der Waals surface area (Å²) in [7, 11) is 0. The zero-order valence-electron chi connectivity index (χ0n) is 12.7. The quantitative estimate of drug-likeness (QED) is 0.851. The van der Waals surface area contributed by atoms with Gasteiger partial charge in [-0.1, -0.05) is 12.1 Å². The third kappa shape index (κ3) is 3.59. The summed E-state index contributed by atoms with van der Waals surface area (Å²) in [6.45, 7) is 1.53. The number of benzene rings is 1. The molecule has 1 saturated carbocycles. The second-order valence-electron chi connectivity index (χ2n) is 5.74. The fraction of sp³-hybridized carbons (Fsp3) is 0.353. The molecular formula is C17H17NO5. The van der Waals surface area contributed by atoms with E-state index in [1.807, 2.05) is 6.92 Å². The van der Waals surface area contributed by atoms with E-state index in [1.54, 1.807) is 24.3 Å². The summed E-state index contributed by atoms with van der Waals surface area (Å²) in [5, 5.41) is 3.17. The lowest BCUT2D eigenvalue weighted by atomic mass is 10.2. The van der Waals surface area contributed by atoms with Crippen LogP contribution in [0.5, 0.6) is 0 Å². The Bertz CT molecular complexity index is 806. The summed E-state index contributed by atoms with van der Waals surface area (Å²) in [6.07, 6.45) is 2.23. The van der Waals surface area contributed by atoms with Crippen LogP contribution < -0.4 is 10.7 Å².